The minimum absolute atomic E-state index is 0.172. The number of carbonyl (C=O) groups excluding carboxylic acids is 2. The molecule has 0 saturated heterocycles. The molecule has 1 unspecified atom stereocenters. The van der Waals surface area contributed by atoms with Crippen LogP contribution in [0.1, 0.15) is 46.5 Å². The van der Waals surface area contributed by atoms with Crippen LogP contribution >= 0.6 is 0 Å². The molecule has 2 aliphatic carbocycles. The maximum Gasteiger partial charge on any atom is 0.164 e. The molecule has 3 nitrogen and oxygen atoms in total. The lowest BCUT2D eigenvalue weighted by Crippen LogP contribution is -2.39. The summed E-state index contributed by atoms with van der Waals surface area (Å²) in [7, 11) is 0. The van der Waals surface area contributed by atoms with Gasteiger partial charge in [0.15, 0.2) is 12.1 Å². The third kappa shape index (κ3) is 1.86. The quantitative estimate of drug-likeness (QED) is 0.760. The fourth-order valence-corrected chi connectivity index (χ4v) is 2.65. The van der Waals surface area contributed by atoms with E-state index in [0.29, 0.717) is 12.7 Å². The summed E-state index contributed by atoms with van der Waals surface area (Å²) < 4.78 is 0. The number of hydrogen-bond acceptors (Lipinski definition) is 3. The highest BCUT2D eigenvalue weighted by Gasteiger charge is 2.57. The van der Waals surface area contributed by atoms with Crippen molar-refractivity contribution in [3.63, 3.8) is 0 Å². The molecule has 17 heavy (non-hydrogen) atoms. The Labute approximate surface area is 102 Å². The first-order valence-corrected chi connectivity index (χ1v) is 6.17. The Bertz CT molecular complexity index is 398. The minimum Gasteiger partial charge on any atom is -0.382 e. The summed E-state index contributed by atoms with van der Waals surface area (Å²) in [6.45, 7) is 5.44. The van der Waals surface area contributed by atoms with Gasteiger partial charge in [0.05, 0.1) is 0 Å². The van der Waals surface area contributed by atoms with E-state index in [4.69, 9.17) is 0 Å². The van der Waals surface area contributed by atoms with Gasteiger partial charge in [-0.05, 0) is 38.2 Å². The number of aliphatic hydroxyl groups is 1. The van der Waals surface area contributed by atoms with Crippen molar-refractivity contribution in [3.8, 4) is 0 Å². The van der Waals surface area contributed by atoms with Crippen LogP contribution in [-0.4, -0.2) is 22.8 Å². The molecule has 3 heteroatoms. The first-order valence-electron chi connectivity index (χ1n) is 6.17. The second-order valence-corrected chi connectivity index (χ2v) is 6.37. The Balaban J connectivity index is 2.14. The van der Waals surface area contributed by atoms with Crippen LogP contribution in [0.5, 0.6) is 0 Å². The van der Waals surface area contributed by atoms with Crippen LogP contribution in [0.25, 0.3) is 0 Å². The summed E-state index contributed by atoms with van der Waals surface area (Å²) in [4.78, 5) is 23.1. The third-order valence-electron chi connectivity index (χ3n) is 4.45. The van der Waals surface area contributed by atoms with Crippen LogP contribution in [0, 0.1) is 10.8 Å². The van der Waals surface area contributed by atoms with Gasteiger partial charge in [-0.3, -0.25) is 4.79 Å². The maximum absolute atomic E-state index is 12.1. The van der Waals surface area contributed by atoms with Crippen LogP contribution in [-0.2, 0) is 9.59 Å². The van der Waals surface area contributed by atoms with E-state index in [1.807, 2.05) is 19.9 Å². The van der Waals surface area contributed by atoms with Crippen molar-refractivity contribution in [1.29, 1.82) is 0 Å². The SMILES string of the molecule is CC1(C)CC=C(CC2(C(C)(O)C=O)CC2)C1=O. The summed E-state index contributed by atoms with van der Waals surface area (Å²) >= 11 is 0. The van der Waals surface area contributed by atoms with Crippen molar-refractivity contribution in [2.45, 2.75) is 52.1 Å². The lowest BCUT2D eigenvalue weighted by atomic mass is 9.79. The normalized spacial score (nSPS) is 28.5. The fourth-order valence-electron chi connectivity index (χ4n) is 2.65. The Morgan fingerprint density at radius 1 is 1.47 bits per heavy atom. The minimum atomic E-state index is -1.30. The monoisotopic (exact) mass is 236 g/mol. The van der Waals surface area contributed by atoms with E-state index in [2.05, 4.69) is 0 Å². The Morgan fingerprint density at radius 2 is 2.06 bits per heavy atom. The zero-order valence-corrected chi connectivity index (χ0v) is 10.7. The van der Waals surface area contributed by atoms with Crippen LogP contribution in [0.3, 0.4) is 0 Å². The lowest BCUT2D eigenvalue weighted by Gasteiger charge is -2.28. The van der Waals surface area contributed by atoms with Gasteiger partial charge in [0.1, 0.15) is 5.60 Å². The maximum atomic E-state index is 12.1. The molecule has 0 bridgehead atoms. The number of hydrogen-bond donors (Lipinski definition) is 1. The first-order chi connectivity index (χ1) is 7.74. The van der Waals surface area contributed by atoms with E-state index in [1.165, 1.54) is 0 Å². The second kappa shape index (κ2) is 3.52. The number of Topliss-reactive ketones (excluding diaryl/α,β-unsaturated/α-hetero) is 1. The molecule has 1 fully saturated rings. The molecule has 0 aliphatic heterocycles. The molecule has 2 aliphatic rings. The average molecular weight is 236 g/mol. The standard InChI is InChI=1S/C14H20O3/c1-12(2)5-4-10(11(12)16)8-14(6-7-14)13(3,17)9-15/h4,9,17H,5-8H2,1-3H3. The summed E-state index contributed by atoms with van der Waals surface area (Å²) in [5.74, 6) is 0.172. The topological polar surface area (TPSA) is 54.4 Å². The molecular formula is C14H20O3. The van der Waals surface area contributed by atoms with Crippen molar-refractivity contribution >= 4 is 12.1 Å². The number of ketones is 1. The van der Waals surface area contributed by atoms with Gasteiger partial charge in [0.25, 0.3) is 0 Å². The predicted molar refractivity (Wildman–Crippen MR) is 64.5 cm³/mol. The van der Waals surface area contributed by atoms with Crippen LogP contribution in [0.15, 0.2) is 11.6 Å². The molecule has 0 aromatic carbocycles. The highest BCUT2D eigenvalue weighted by Crippen LogP contribution is 2.58. The van der Waals surface area contributed by atoms with Gasteiger partial charge in [-0.25, -0.2) is 0 Å². The van der Waals surface area contributed by atoms with Gasteiger partial charge in [-0.15, -0.1) is 0 Å². The third-order valence-corrected chi connectivity index (χ3v) is 4.45. The highest BCUT2D eigenvalue weighted by atomic mass is 16.3. The average Bonchev–Trinajstić information content (AvgIpc) is 2.99. The van der Waals surface area contributed by atoms with Gasteiger partial charge in [0.2, 0.25) is 0 Å². The highest BCUT2D eigenvalue weighted by molar-refractivity contribution is 6.02. The van der Waals surface area contributed by atoms with Gasteiger partial charge in [-0.2, -0.15) is 0 Å². The Kier molecular flexibility index (Phi) is 2.58. The zero-order chi connectivity index (χ0) is 12.9. The van der Waals surface area contributed by atoms with E-state index >= 15 is 0 Å². The summed E-state index contributed by atoms with van der Waals surface area (Å²) in [6.07, 6.45) is 5.55. The molecule has 0 spiro atoms. The first kappa shape index (κ1) is 12.5. The molecule has 0 amide bonds. The van der Waals surface area contributed by atoms with Gasteiger partial charge >= 0.3 is 0 Å². The van der Waals surface area contributed by atoms with E-state index in [0.717, 1.165) is 24.8 Å². The molecule has 0 aromatic heterocycles. The van der Waals surface area contributed by atoms with E-state index in [1.54, 1.807) is 6.92 Å². The molecule has 1 N–H and O–H groups in total. The van der Waals surface area contributed by atoms with Crippen LogP contribution in [0.4, 0.5) is 0 Å². The summed E-state index contributed by atoms with van der Waals surface area (Å²) in [6, 6.07) is 0. The molecule has 0 radical (unpaired) electrons. The molecule has 0 heterocycles. The smallest absolute Gasteiger partial charge is 0.164 e. The number of carbonyl (C=O) groups is 2. The molecule has 2 rings (SSSR count). The molecule has 1 saturated carbocycles. The summed E-state index contributed by atoms with van der Waals surface area (Å²) in [5.41, 5.74) is -1.20. The van der Waals surface area contributed by atoms with E-state index in [9.17, 15) is 14.7 Å². The number of allylic oxidation sites excluding steroid dienone is 2. The fraction of sp³-hybridized carbons (Fsp3) is 0.714. The molecule has 94 valence electrons. The molecule has 1 atom stereocenters. The van der Waals surface area contributed by atoms with E-state index < -0.39 is 11.0 Å². The van der Waals surface area contributed by atoms with Crippen molar-refractivity contribution in [1.82, 2.24) is 0 Å². The van der Waals surface area contributed by atoms with Gasteiger partial charge in [-0.1, -0.05) is 19.9 Å². The summed E-state index contributed by atoms with van der Waals surface area (Å²) in [5, 5.41) is 10.1. The Hall–Kier alpha value is -0.960. The van der Waals surface area contributed by atoms with Gasteiger partial charge < -0.3 is 9.90 Å². The largest absolute Gasteiger partial charge is 0.382 e. The predicted octanol–water partition coefficient (Wildman–Crippen LogP) is 2.03. The molecular weight excluding hydrogens is 216 g/mol. The van der Waals surface area contributed by atoms with Crippen molar-refractivity contribution in [2.24, 2.45) is 10.8 Å². The van der Waals surface area contributed by atoms with Gasteiger partial charge in [0, 0.05) is 10.8 Å². The molecule has 0 aromatic rings. The zero-order valence-electron chi connectivity index (χ0n) is 10.7. The number of rotatable bonds is 4. The van der Waals surface area contributed by atoms with E-state index in [-0.39, 0.29) is 11.2 Å². The van der Waals surface area contributed by atoms with Crippen LogP contribution < -0.4 is 0 Å². The number of aldehydes is 1. The second-order valence-electron chi connectivity index (χ2n) is 6.37. The van der Waals surface area contributed by atoms with Crippen molar-refractivity contribution < 1.29 is 14.7 Å². The van der Waals surface area contributed by atoms with Crippen molar-refractivity contribution in [3.05, 3.63) is 11.6 Å². The Morgan fingerprint density at radius 3 is 2.41 bits per heavy atom. The van der Waals surface area contributed by atoms with Crippen molar-refractivity contribution in [2.75, 3.05) is 0 Å². The lowest BCUT2D eigenvalue weighted by molar-refractivity contribution is -0.130. The van der Waals surface area contributed by atoms with Crippen LogP contribution in [0.2, 0.25) is 0 Å².